The van der Waals surface area contributed by atoms with Crippen LogP contribution in [-0.4, -0.2) is 22.6 Å². The van der Waals surface area contributed by atoms with E-state index >= 15 is 0 Å². The van der Waals surface area contributed by atoms with E-state index in [1.165, 1.54) is 6.20 Å². The number of aromatic nitrogens is 1. The normalized spacial score (nSPS) is 9.43. The van der Waals surface area contributed by atoms with E-state index in [0.29, 0.717) is 12.2 Å². The summed E-state index contributed by atoms with van der Waals surface area (Å²) >= 11 is 0. The first-order valence-electron chi connectivity index (χ1n) is 4.28. The highest BCUT2D eigenvalue weighted by Crippen LogP contribution is 2.11. The Morgan fingerprint density at radius 1 is 1.71 bits per heavy atom. The molecule has 0 aromatic carbocycles. The number of nitrogens with one attached hydrogen (secondary N) is 1. The molecule has 4 heteroatoms. The fourth-order valence-corrected chi connectivity index (χ4v) is 1.03. The van der Waals surface area contributed by atoms with Crippen molar-refractivity contribution in [1.29, 1.82) is 0 Å². The van der Waals surface area contributed by atoms with E-state index < -0.39 is 5.97 Å². The van der Waals surface area contributed by atoms with Crippen LogP contribution in [0.1, 0.15) is 16.9 Å². The van der Waals surface area contributed by atoms with Gasteiger partial charge in [0.15, 0.2) is 5.69 Å². The first-order valence-corrected chi connectivity index (χ1v) is 4.28. The zero-order valence-electron chi connectivity index (χ0n) is 7.73. The summed E-state index contributed by atoms with van der Waals surface area (Å²) in [5.74, 6) is -1.02. The zero-order valence-corrected chi connectivity index (χ0v) is 7.73. The summed E-state index contributed by atoms with van der Waals surface area (Å²) in [4.78, 5) is 14.5. The van der Waals surface area contributed by atoms with Crippen LogP contribution in [-0.2, 0) is 0 Å². The molecule has 0 atom stereocenters. The Hall–Kier alpha value is -1.84. The van der Waals surface area contributed by atoms with Gasteiger partial charge in [0.2, 0.25) is 0 Å². The maximum atomic E-state index is 10.7. The van der Waals surface area contributed by atoms with Crippen LogP contribution in [0.15, 0.2) is 31.0 Å². The average molecular weight is 192 g/mol. The number of aromatic carboxylic acids is 1. The molecule has 1 heterocycles. The number of nitrogens with zero attached hydrogens (tertiary/aromatic N) is 1. The van der Waals surface area contributed by atoms with Crippen LogP contribution in [0.4, 0.5) is 5.69 Å². The molecule has 0 saturated carbocycles. The molecular formula is C10H12N2O2. The molecule has 0 saturated heterocycles. The Balaban J connectivity index is 2.74. The summed E-state index contributed by atoms with van der Waals surface area (Å²) in [5, 5.41) is 11.8. The molecule has 0 fully saturated rings. The summed E-state index contributed by atoms with van der Waals surface area (Å²) in [7, 11) is 0. The minimum atomic E-state index is -1.02. The molecule has 0 radical (unpaired) electrons. The average Bonchev–Trinajstić information content (AvgIpc) is 2.19. The van der Waals surface area contributed by atoms with Crippen molar-refractivity contribution in [3.63, 3.8) is 0 Å². The molecule has 0 aliphatic carbocycles. The first-order chi connectivity index (χ1) is 6.75. The van der Waals surface area contributed by atoms with E-state index in [9.17, 15) is 4.79 Å². The fourth-order valence-electron chi connectivity index (χ4n) is 1.03. The van der Waals surface area contributed by atoms with E-state index in [1.807, 2.05) is 0 Å². The number of hydrogen-bond acceptors (Lipinski definition) is 3. The summed E-state index contributed by atoms with van der Waals surface area (Å²) < 4.78 is 0. The van der Waals surface area contributed by atoms with Gasteiger partial charge in [-0.15, -0.1) is 6.58 Å². The third-order valence-electron chi connectivity index (χ3n) is 1.67. The van der Waals surface area contributed by atoms with Crippen molar-refractivity contribution in [2.45, 2.75) is 6.42 Å². The molecule has 0 spiro atoms. The van der Waals surface area contributed by atoms with Gasteiger partial charge in [-0.05, 0) is 18.6 Å². The summed E-state index contributed by atoms with van der Waals surface area (Å²) in [6, 6.07) is 3.39. The van der Waals surface area contributed by atoms with Crippen LogP contribution in [0.2, 0.25) is 0 Å². The molecular weight excluding hydrogens is 180 g/mol. The largest absolute Gasteiger partial charge is 0.476 e. The number of hydrogen-bond donors (Lipinski definition) is 2. The maximum Gasteiger partial charge on any atom is 0.356 e. The predicted molar refractivity (Wildman–Crippen MR) is 54.5 cm³/mol. The summed E-state index contributed by atoms with van der Waals surface area (Å²) in [5.41, 5.74) is 0.596. The van der Waals surface area contributed by atoms with Crippen LogP contribution in [0.3, 0.4) is 0 Å². The van der Waals surface area contributed by atoms with Crippen LogP contribution in [0, 0.1) is 0 Å². The van der Waals surface area contributed by atoms with Gasteiger partial charge in [0, 0.05) is 12.7 Å². The quantitative estimate of drug-likeness (QED) is 0.551. The van der Waals surface area contributed by atoms with Crippen LogP contribution >= 0.6 is 0 Å². The summed E-state index contributed by atoms with van der Waals surface area (Å²) in [6.45, 7) is 4.24. The van der Waals surface area contributed by atoms with Gasteiger partial charge in [0.1, 0.15) is 0 Å². The van der Waals surface area contributed by atoms with Gasteiger partial charge < -0.3 is 10.4 Å². The molecule has 2 N–H and O–H groups in total. The molecule has 1 rings (SSSR count). The topological polar surface area (TPSA) is 62.2 Å². The third kappa shape index (κ3) is 2.58. The summed E-state index contributed by atoms with van der Waals surface area (Å²) in [6.07, 6.45) is 4.01. The molecule has 4 nitrogen and oxygen atoms in total. The number of carbonyl (C=O) groups is 1. The van der Waals surface area contributed by atoms with Crippen LogP contribution in [0.5, 0.6) is 0 Å². The van der Waals surface area contributed by atoms with E-state index in [2.05, 4.69) is 16.9 Å². The van der Waals surface area contributed by atoms with Gasteiger partial charge in [-0.2, -0.15) is 0 Å². The van der Waals surface area contributed by atoms with Gasteiger partial charge in [-0.1, -0.05) is 6.08 Å². The maximum absolute atomic E-state index is 10.7. The number of pyridine rings is 1. The minimum absolute atomic E-state index is 0.0524. The molecule has 0 aliphatic rings. The second-order valence-corrected chi connectivity index (χ2v) is 2.71. The lowest BCUT2D eigenvalue weighted by Gasteiger charge is -2.06. The molecule has 14 heavy (non-hydrogen) atoms. The third-order valence-corrected chi connectivity index (χ3v) is 1.67. The second kappa shape index (κ2) is 5.01. The van der Waals surface area contributed by atoms with Crippen molar-refractivity contribution in [3.8, 4) is 0 Å². The molecule has 74 valence electrons. The van der Waals surface area contributed by atoms with E-state index in [-0.39, 0.29) is 5.69 Å². The van der Waals surface area contributed by atoms with Gasteiger partial charge in [-0.25, -0.2) is 9.78 Å². The van der Waals surface area contributed by atoms with Crippen molar-refractivity contribution >= 4 is 11.7 Å². The standard InChI is InChI=1S/C10H12N2O2/c1-2-3-6-11-8-5-4-7-12-9(8)10(13)14/h2,4-5,7,11H,1,3,6H2,(H,13,14). The van der Waals surface area contributed by atoms with Crippen molar-refractivity contribution in [2.24, 2.45) is 0 Å². The lowest BCUT2D eigenvalue weighted by molar-refractivity contribution is 0.0691. The Morgan fingerprint density at radius 2 is 2.50 bits per heavy atom. The zero-order chi connectivity index (χ0) is 10.4. The predicted octanol–water partition coefficient (Wildman–Crippen LogP) is 1.77. The number of rotatable bonds is 5. The molecule has 0 amide bonds. The molecule has 0 bridgehead atoms. The van der Waals surface area contributed by atoms with Gasteiger partial charge in [0.25, 0.3) is 0 Å². The first kappa shape index (κ1) is 10.2. The van der Waals surface area contributed by atoms with E-state index in [1.54, 1.807) is 18.2 Å². The van der Waals surface area contributed by atoms with Gasteiger partial charge in [0.05, 0.1) is 5.69 Å². The van der Waals surface area contributed by atoms with Crippen molar-refractivity contribution < 1.29 is 9.90 Å². The van der Waals surface area contributed by atoms with Crippen molar-refractivity contribution in [1.82, 2.24) is 4.98 Å². The highest BCUT2D eigenvalue weighted by Gasteiger charge is 2.09. The Bertz CT molecular complexity index is 337. The van der Waals surface area contributed by atoms with Gasteiger partial charge in [-0.3, -0.25) is 0 Å². The highest BCUT2D eigenvalue weighted by atomic mass is 16.4. The number of anilines is 1. The SMILES string of the molecule is C=CCCNc1cccnc1C(=O)O. The highest BCUT2D eigenvalue weighted by molar-refractivity contribution is 5.91. The minimum Gasteiger partial charge on any atom is -0.476 e. The van der Waals surface area contributed by atoms with E-state index in [4.69, 9.17) is 5.11 Å². The number of carboxylic acid groups (broad SMARTS) is 1. The second-order valence-electron chi connectivity index (χ2n) is 2.71. The molecule has 1 aromatic heterocycles. The molecule has 0 aliphatic heterocycles. The van der Waals surface area contributed by atoms with Crippen molar-refractivity contribution in [3.05, 3.63) is 36.7 Å². The fraction of sp³-hybridized carbons (Fsp3) is 0.200. The smallest absolute Gasteiger partial charge is 0.356 e. The Kier molecular flexibility index (Phi) is 3.67. The Labute approximate surface area is 82.3 Å². The van der Waals surface area contributed by atoms with Gasteiger partial charge >= 0.3 is 5.97 Å². The van der Waals surface area contributed by atoms with Crippen LogP contribution < -0.4 is 5.32 Å². The van der Waals surface area contributed by atoms with E-state index in [0.717, 1.165) is 6.42 Å². The van der Waals surface area contributed by atoms with Crippen molar-refractivity contribution in [2.75, 3.05) is 11.9 Å². The lowest BCUT2D eigenvalue weighted by Crippen LogP contribution is -2.08. The number of carboxylic acids is 1. The monoisotopic (exact) mass is 192 g/mol. The molecule has 0 unspecified atom stereocenters. The Morgan fingerprint density at radius 3 is 3.14 bits per heavy atom. The molecule has 1 aromatic rings. The lowest BCUT2D eigenvalue weighted by atomic mass is 10.3. The van der Waals surface area contributed by atoms with Crippen LogP contribution in [0.25, 0.3) is 0 Å².